The van der Waals surface area contributed by atoms with Crippen LogP contribution in [0, 0.1) is 11.3 Å². The van der Waals surface area contributed by atoms with Gasteiger partial charge in [0.15, 0.2) is 0 Å². The third kappa shape index (κ3) is 10.6. The van der Waals surface area contributed by atoms with Gasteiger partial charge in [0.25, 0.3) is 0 Å². The van der Waals surface area contributed by atoms with E-state index < -0.39 is 5.97 Å². The Balaban J connectivity index is 3.49. The highest BCUT2D eigenvalue weighted by Crippen LogP contribution is 2.19. The highest BCUT2D eigenvalue weighted by Gasteiger charge is 2.12. The lowest BCUT2D eigenvalue weighted by Crippen LogP contribution is -2.27. The molecule has 3 nitrogen and oxygen atoms in total. The molecule has 2 unspecified atom stereocenters. The first kappa shape index (κ1) is 17.4. The number of carbonyl (C=O) groups is 1. The summed E-state index contributed by atoms with van der Waals surface area (Å²) in [6.07, 6.45) is 5.28. The highest BCUT2D eigenvalue weighted by atomic mass is 16.4. The van der Waals surface area contributed by atoms with Gasteiger partial charge in [0.2, 0.25) is 0 Å². The number of hydrogen-bond acceptors (Lipinski definition) is 2. The van der Waals surface area contributed by atoms with E-state index in [2.05, 4.69) is 33.0 Å². The number of rotatable bonds is 9. The minimum atomic E-state index is -0.680. The third-order valence-electron chi connectivity index (χ3n) is 3.29. The Kier molecular flexibility index (Phi) is 8.25. The van der Waals surface area contributed by atoms with Crippen molar-refractivity contribution in [2.45, 2.75) is 72.8 Å². The van der Waals surface area contributed by atoms with Gasteiger partial charge in [0.05, 0.1) is 5.92 Å². The van der Waals surface area contributed by atoms with Crippen LogP contribution in [0.1, 0.15) is 66.7 Å². The molecule has 2 atom stereocenters. The standard InChI is InChI=1S/C15H31NO2/c1-12(14(17)18)8-6-9-13(2)16-11-7-10-15(3,4)5/h12-13,16H,6-11H2,1-5H3,(H,17,18). The van der Waals surface area contributed by atoms with Crippen LogP contribution < -0.4 is 5.32 Å². The van der Waals surface area contributed by atoms with E-state index in [1.807, 2.05) is 0 Å². The Morgan fingerprint density at radius 1 is 1.17 bits per heavy atom. The summed E-state index contributed by atoms with van der Waals surface area (Å²) in [5, 5.41) is 12.3. The molecule has 0 aliphatic rings. The van der Waals surface area contributed by atoms with Crippen LogP contribution in [0.25, 0.3) is 0 Å². The molecule has 0 aromatic carbocycles. The summed E-state index contributed by atoms with van der Waals surface area (Å²) < 4.78 is 0. The number of aliphatic carboxylic acids is 1. The van der Waals surface area contributed by atoms with Gasteiger partial charge in [-0.15, -0.1) is 0 Å². The molecule has 0 aliphatic heterocycles. The van der Waals surface area contributed by atoms with Crippen LogP contribution in [-0.4, -0.2) is 23.7 Å². The highest BCUT2D eigenvalue weighted by molar-refractivity contribution is 5.69. The zero-order valence-corrected chi connectivity index (χ0v) is 12.8. The average molecular weight is 257 g/mol. The van der Waals surface area contributed by atoms with Crippen LogP contribution >= 0.6 is 0 Å². The maximum Gasteiger partial charge on any atom is 0.306 e. The fourth-order valence-corrected chi connectivity index (χ4v) is 1.92. The molecule has 3 heteroatoms. The van der Waals surface area contributed by atoms with Gasteiger partial charge in [-0.25, -0.2) is 0 Å². The van der Waals surface area contributed by atoms with E-state index in [1.165, 1.54) is 12.8 Å². The maximum atomic E-state index is 10.7. The second-order valence-corrected chi connectivity index (χ2v) is 6.69. The van der Waals surface area contributed by atoms with Crippen LogP contribution in [0.2, 0.25) is 0 Å². The molecular weight excluding hydrogens is 226 g/mol. The molecule has 0 aromatic heterocycles. The predicted octanol–water partition coefficient (Wildman–Crippen LogP) is 3.68. The molecule has 0 bridgehead atoms. The fraction of sp³-hybridized carbons (Fsp3) is 0.933. The monoisotopic (exact) mass is 257 g/mol. The van der Waals surface area contributed by atoms with E-state index in [9.17, 15) is 4.79 Å². The molecule has 2 N–H and O–H groups in total. The van der Waals surface area contributed by atoms with Gasteiger partial charge >= 0.3 is 5.97 Å². The van der Waals surface area contributed by atoms with Gasteiger partial charge in [-0.05, 0) is 44.6 Å². The molecule has 0 rings (SSSR count). The molecule has 0 saturated carbocycles. The molecule has 0 aliphatic carbocycles. The summed E-state index contributed by atoms with van der Waals surface area (Å²) in [5.41, 5.74) is 0.418. The van der Waals surface area contributed by atoms with Gasteiger partial charge in [-0.3, -0.25) is 4.79 Å². The quantitative estimate of drug-likeness (QED) is 0.619. The molecule has 108 valence electrons. The number of hydrogen-bond donors (Lipinski definition) is 2. The minimum Gasteiger partial charge on any atom is -0.481 e. The lowest BCUT2D eigenvalue weighted by atomic mass is 9.90. The van der Waals surface area contributed by atoms with Crippen LogP contribution in [0.3, 0.4) is 0 Å². The van der Waals surface area contributed by atoms with E-state index in [-0.39, 0.29) is 5.92 Å². The molecular formula is C15H31NO2. The Morgan fingerprint density at radius 3 is 2.28 bits per heavy atom. The third-order valence-corrected chi connectivity index (χ3v) is 3.29. The van der Waals surface area contributed by atoms with Crippen molar-refractivity contribution in [1.82, 2.24) is 5.32 Å². The number of carboxylic acids is 1. The molecule has 0 spiro atoms. The van der Waals surface area contributed by atoms with Gasteiger partial charge in [0, 0.05) is 6.04 Å². The topological polar surface area (TPSA) is 49.3 Å². The van der Waals surface area contributed by atoms with Crippen molar-refractivity contribution in [3.8, 4) is 0 Å². The lowest BCUT2D eigenvalue weighted by molar-refractivity contribution is -0.141. The molecule has 0 radical (unpaired) electrons. The summed E-state index contributed by atoms with van der Waals surface area (Å²) in [6.45, 7) is 11.8. The Bertz CT molecular complexity index is 233. The molecule has 0 saturated heterocycles. The number of nitrogens with one attached hydrogen (secondary N) is 1. The zero-order chi connectivity index (χ0) is 14.2. The minimum absolute atomic E-state index is 0.210. The predicted molar refractivity (Wildman–Crippen MR) is 76.8 cm³/mol. The van der Waals surface area contributed by atoms with Crippen LogP contribution in [0.5, 0.6) is 0 Å². The SMILES string of the molecule is CC(CCCC(C)C(=O)O)NCCCC(C)(C)C. The normalized spacial score (nSPS) is 15.4. The summed E-state index contributed by atoms with van der Waals surface area (Å²) in [7, 11) is 0. The van der Waals surface area contributed by atoms with Gasteiger partial charge in [-0.2, -0.15) is 0 Å². The maximum absolute atomic E-state index is 10.7. The molecule has 0 fully saturated rings. The fourth-order valence-electron chi connectivity index (χ4n) is 1.92. The summed E-state index contributed by atoms with van der Waals surface area (Å²) in [4.78, 5) is 10.7. The van der Waals surface area contributed by atoms with E-state index >= 15 is 0 Å². The van der Waals surface area contributed by atoms with Crippen LogP contribution in [0.4, 0.5) is 0 Å². The average Bonchev–Trinajstić information content (AvgIpc) is 2.22. The van der Waals surface area contributed by atoms with Crippen LogP contribution in [0.15, 0.2) is 0 Å². The summed E-state index contributed by atoms with van der Waals surface area (Å²) in [6, 6.07) is 0.492. The van der Waals surface area contributed by atoms with Crippen molar-refractivity contribution < 1.29 is 9.90 Å². The van der Waals surface area contributed by atoms with Gasteiger partial charge in [0.1, 0.15) is 0 Å². The van der Waals surface area contributed by atoms with Crippen molar-refractivity contribution in [3.63, 3.8) is 0 Å². The zero-order valence-electron chi connectivity index (χ0n) is 12.8. The molecule has 18 heavy (non-hydrogen) atoms. The lowest BCUT2D eigenvalue weighted by Gasteiger charge is -2.19. The second kappa shape index (κ2) is 8.52. The van der Waals surface area contributed by atoms with E-state index in [1.54, 1.807) is 6.92 Å². The Labute approximate surface area is 112 Å². The van der Waals surface area contributed by atoms with Crippen molar-refractivity contribution in [1.29, 1.82) is 0 Å². The van der Waals surface area contributed by atoms with Crippen molar-refractivity contribution in [3.05, 3.63) is 0 Å². The molecule has 0 aromatic rings. The van der Waals surface area contributed by atoms with E-state index in [0.717, 1.165) is 25.8 Å². The first-order valence-corrected chi connectivity index (χ1v) is 7.18. The summed E-state index contributed by atoms with van der Waals surface area (Å²) in [5.74, 6) is -0.890. The summed E-state index contributed by atoms with van der Waals surface area (Å²) >= 11 is 0. The second-order valence-electron chi connectivity index (χ2n) is 6.69. The largest absolute Gasteiger partial charge is 0.481 e. The number of carboxylic acid groups (broad SMARTS) is 1. The van der Waals surface area contributed by atoms with E-state index in [0.29, 0.717) is 11.5 Å². The first-order chi connectivity index (χ1) is 8.22. The van der Waals surface area contributed by atoms with Crippen molar-refractivity contribution in [2.75, 3.05) is 6.54 Å². The Morgan fingerprint density at radius 2 is 1.78 bits per heavy atom. The smallest absolute Gasteiger partial charge is 0.306 e. The van der Waals surface area contributed by atoms with Gasteiger partial charge in [-0.1, -0.05) is 34.1 Å². The van der Waals surface area contributed by atoms with Crippen molar-refractivity contribution >= 4 is 5.97 Å². The Hall–Kier alpha value is -0.570. The van der Waals surface area contributed by atoms with E-state index in [4.69, 9.17) is 5.11 Å². The molecule has 0 heterocycles. The molecule has 0 amide bonds. The first-order valence-electron chi connectivity index (χ1n) is 7.18. The van der Waals surface area contributed by atoms with Crippen LogP contribution in [-0.2, 0) is 4.79 Å². The van der Waals surface area contributed by atoms with Gasteiger partial charge < -0.3 is 10.4 Å². The van der Waals surface area contributed by atoms with Crippen molar-refractivity contribution in [2.24, 2.45) is 11.3 Å².